The monoisotopic (exact) mass is 456 g/mol. The molecule has 1 aliphatic heterocycles. The van der Waals surface area contributed by atoms with Gasteiger partial charge < -0.3 is 9.80 Å². The van der Waals surface area contributed by atoms with Crippen LogP contribution in [0.3, 0.4) is 0 Å². The molecule has 0 radical (unpaired) electrons. The first-order chi connectivity index (χ1) is 16.6. The second kappa shape index (κ2) is 9.43. The second-order valence-electron chi connectivity index (χ2n) is 8.32. The van der Waals surface area contributed by atoms with Gasteiger partial charge in [-0.15, -0.1) is 0 Å². The van der Waals surface area contributed by atoms with E-state index < -0.39 is 0 Å². The van der Waals surface area contributed by atoms with E-state index in [0.29, 0.717) is 48.9 Å². The van der Waals surface area contributed by atoms with Crippen molar-refractivity contribution in [3.05, 3.63) is 84.4 Å². The topological polar surface area (TPSA) is 67.2 Å². The summed E-state index contributed by atoms with van der Waals surface area (Å²) in [4.78, 5) is 25.7. The van der Waals surface area contributed by atoms with Gasteiger partial charge in [-0.05, 0) is 36.2 Å². The van der Waals surface area contributed by atoms with Gasteiger partial charge in [0.25, 0.3) is 0 Å². The van der Waals surface area contributed by atoms with Crippen LogP contribution in [-0.4, -0.2) is 56.7 Å². The number of aromatic nitrogens is 4. The fraction of sp³-hybridized carbons (Fsp3) is 0.231. The highest BCUT2D eigenvalue weighted by Crippen LogP contribution is 2.27. The molecule has 1 aliphatic rings. The zero-order chi connectivity index (χ0) is 23.5. The van der Waals surface area contributed by atoms with Crippen molar-refractivity contribution in [3.63, 3.8) is 0 Å². The molecular formula is C26H25FN6O. The summed E-state index contributed by atoms with van der Waals surface area (Å²) in [6, 6.07) is 18.6. The van der Waals surface area contributed by atoms with Crippen molar-refractivity contribution in [1.82, 2.24) is 24.6 Å². The van der Waals surface area contributed by atoms with Crippen LogP contribution >= 0.6 is 0 Å². The molecule has 7 nitrogen and oxygen atoms in total. The highest BCUT2D eigenvalue weighted by Gasteiger charge is 2.24. The van der Waals surface area contributed by atoms with E-state index in [-0.39, 0.29) is 18.3 Å². The Bertz CT molecular complexity index is 1280. The molecule has 0 unspecified atom stereocenters. The van der Waals surface area contributed by atoms with Gasteiger partial charge in [0.1, 0.15) is 12.4 Å². The number of piperazine rings is 1. The predicted octanol–water partition coefficient (Wildman–Crippen LogP) is 3.80. The summed E-state index contributed by atoms with van der Waals surface area (Å²) in [5.74, 6) is 0.406. The molecule has 2 aromatic heterocycles. The molecule has 5 rings (SSSR count). The molecule has 0 bridgehead atoms. The van der Waals surface area contributed by atoms with E-state index in [0.717, 1.165) is 11.3 Å². The fourth-order valence-corrected chi connectivity index (χ4v) is 4.11. The maximum Gasteiger partial charge on any atom is 0.244 e. The van der Waals surface area contributed by atoms with Crippen LogP contribution in [-0.2, 0) is 11.3 Å². The summed E-state index contributed by atoms with van der Waals surface area (Å²) in [7, 11) is 0. The molecule has 172 valence electrons. The van der Waals surface area contributed by atoms with Crippen molar-refractivity contribution in [1.29, 1.82) is 0 Å². The molecule has 4 aromatic rings. The maximum absolute atomic E-state index is 14.2. The van der Waals surface area contributed by atoms with Gasteiger partial charge in [-0.2, -0.15) is 5.10 Å². The van der Waals surface area contributed by atoms with Gasteiger partial charge in [0.2, 0.25) is 11.9 Å². The Morgan fingerprint density at radius 2 is 1.65 bits per heavy atom. The molecule has 8 heteroatoms. The van der Waals surface area contributed by atoms with E-state index in [2.05, 4.69) is 14.9 Å². The Morgan fingerprint density at radius 3 is 2.35 bits per heavy atom. The van der Waals surface area contributed by atoms with Crippen molar-refractivity contribution in [2.75, 3.05) is 31.1 Å². The quantitative estimate of drug-likeness (QED) is 0.457. The zero-order valence-electron chi connectivity index (χ0n) is 18.9. The lowest BCUT2D eigenvalue weighted by molar-refractivity contribution is -0.132. The Kier molecular flexibility index (Phi) is 6.03. The van der Waals surface area contributed by atoms with Gasteiger partial charge in [-0.25, -0.2) is 14.4 Å². The van der Waals surface area contributed by atoms with Crippen LogP contribution in [0.4, 0.5) is 10.3 Å². The van der Waals surface area contributed by atoms with Gasteiger partial charge in [0, 0.05) is 44.1 Å². The average Bonchev–Trinajstić information content (AvgIpc) is 3.30. The standard InChI is InChI=1S/C26H25FN6O/c1-19-8-9-21(16-22(19)27)23-17-24(20-6-3-2-4-7-20)33(30-23)18-25(34)31-12-14-32(15-13-31)26-28-10-5-11-29-26/h2-11,16-17H,12-15,18H2,1H3. The number of carbonyl (C=O) groups excluding carboxylic acids is 1. The number of carbonyl (C=O) groups is 1. The molecule has 2 aromatic carbocycles. The molecule has 0 saturated carbocycles. The third kappa shape index (κ3) is 4.52. The lowest BCUT2D eigenvalue weighted by Crippen LogP contribution is -2.50. The number of aryl methyl sites for hydroxylation is 1. The van der Waals surface area contributed by atoms with Gasteiger partial charge in [0.05, 0.1) is 11.4 Å². The van der Waals surface area contributed by atoms with E-state index in [4.69, 9.17) is 5.10 Å². The van der Waals surface area contributed by atoms with Crippen molar-refractivity contribution < 1.29 is 9.18 Å². The van der Waals surface area contributed by atoms with Crippen molar-refractivity contribution in [3.8, 4) is 22.5 Å². The number of hydrogen-bond donors (Lipinski definition) is 0. The molecule has 0 atom stereocenters. The zero-order valence-corrected chi connectivity index (χ0v) is 18.9. The van der Waals surface area contributed by atoms with Gasteiger partial charge in [0.15, 0.2) is 0 Å². The number of halogens is 1. The van der Waals surface area contributed by atoms with Gasteiger partial charge in [-0.1, -0.05) is 42.5 Å². The average molecular weight is 457 g/mol. The summed E-state index contributed by atoms with van der Waals surface area (Å²) >= 11 is 0. The highest BCUT2D eigenvalue weighted by atomic mass is 19.1. The lowest BCUT2D eigenvalue weighted by Gasteiger charge is -2.34. The Hall–Kier alpha value is -4.07. The molecule has 1 fully saturated rings. The Morgan fingerprint density at radius 1 is 0.912 bits per heavy atom. The fourth-order valence-electron chi connectivity index (χ4n) is 4.11. The summed E-state index contributed by atoms with van der Waals surface area (Å²) in [6.45, 7) is 4.38. The van der Waals surface area contributed by atoms with Gasteiger partial charge in [-0.3, -0.25) is 9.48 Å². The molecule has 34 heavy (non-hydrogen) atoms. The minimum Gasteiger partial charge on any atom is -0.338 e. The summed E-state index contributed by atoms with van der Waals surface area (Å²) in [5, 5.41) is 4.70. The molecule has 0 aliphatic carbocycles. The first-order valence-corrected chi connectivity index (χ1v) is 11.3. The van der Waals surface area contributed by atoms with Crippen LogP contribution in [0, 0.1) is 12.7 Å². The second-order valence-corrected chi connectivity index (χ2v) is 8.32. The predicted molar refractivity (Wildman–Crippen MR) is 129 cm³/mol. The Labute approximate surface area is 197 Å². The van der Waals surface area contributed by atoms with Crippen molar-refractivity contribution >= 4 is 11.9 Å². The van der Waals surface area contributed by atoms with E-state index in [1.807, 2.05) is 47.4 Å². The molecule has 0 spiro atoms. The van der Waals surface area contributed by atoms with Crippen LogP contribution in [0.5, 0.6) is 0 Å². The Balaban J connectivity index is 1.36. The minimum absolute atomic E-state index is 0.00412. The van der Waals surface area contributed by atoms with Gasteiger partial charge >= 0.3 is 0 Å². The first-order valence-electron chi connectivity index (χ1n) is 11.3. The normalized spacial score (nSPS) is 13.8. The molecule has 0 N–H and O–H groups in total. The van der Waals surface area contributed by atoms with E-state index in [1.165, 1.54) is 6.07 Å². The third-order valence-corrected chi connectivity index (χ3v) is 6.07. The molecule has 3 heterocycles. The number of rotatable bonds is 5. The smallest absolute Gasteiger partial charge is 0.244 e. The van der Waals surface area contributed by atoms with Crippen LogP contribution in [0.1, 0.15) is 5.56 Å². The molecular weight excluding hydrogens is 431 g/mol. The summed E-state index contributed by atoms with van der Waals surface area (Å²) < 4.78 is 15.9. The summed E-state index contributed by atoms with van der Waals surface area (Å²) in [5.41, 5.74) is 3.68. The SMILES string of the molecule is Cc1ccc(-c2cc(-c3ccccc3)n(CC(=O)N3CCN(c4ncccn4)CC3)n2)cc1F. The van der Waals surface area contributed by atoms with Crippen LogP contribution in [0.15, 0.2) is 73.1 Å². The van der Waals surface area contributed by atoms with E-state index in [9.17, 15) is 9.18 Å². The van der Waals surface area contributed by atoms with Crippen LogP contribution < -0.4 is 4.90 Å². The minimum atomic E-state index is -0.273. The maximum atomic E-state index is 14.2. The van der Waals surface area contributed by atoms with E-state index in [1.54, 1.807) is 36.1 Å². The number of benzene rings is 2. The summed E-state index contributed by atoms with van der Waals surface area (Å²) in [6.07, 6.45) is 3.44. The van der Waals surface area contributed by atoms with Crippen LogP contribution in [0.25, 0.3) is 22.5 Å². The number of anilines is 1. The third-order valence-electron chi connectivity index (χ3n) is 6.07. The largest absolute Gasteiger partial charge is 0.338 e. The lowest BCUT2D eigenvalue weighted by atomic mass is 10.1. The van der Waals surface area contributed by atoms with Crippen molar-refractivity contribution in [2.24, 2.45) is 0 Å². The van der Waals surface area contributed by atoms with E-state index >= 15 is 0 Å². The number of amides is 1. The van der Waals surface area contributed by atoms with Crippen LogP contribution in [0.2, 0.25) is 0 Å². The number of hydrogen-bond acceptors (Lipinski definition) is 5. The highest BCUT2D eigenvalue weighted by molar-refractivity contribution is 5.78. The molecule has 1 amide bonds. The number of nitrogens with zero attached hydrogens (tertiary/aromatic N) is 6. The first kappa shape index (κ1) is 21.8. The van der Waals surface area contributed by atoms with Crippen molar-refractivity contribution in [2.45, 2.75) is 13.5 Å². The molecule has 1 saturated heterocycles.